The molecule has 5 nitrogen and oxygen atoms in total. The van der Waals surface area contributed by atoms with Crippen molar-refractivity contribution in [3.8, 4) is 5.75 Å². The number of halogens is 1. The number of amides is 1. The molecule has 0 saturated carbocycles. The predicted octanol–water partition coefficient (Wildman–Crippen LogP) is 0.574. The number of anilines is 1. The minimum absolute atomic E-state index is 0. The SMILES string of the molecule is C[C@H]1Oc2cccnc2N(C)C(=O)[C@H]1N.Cl. The molecule has 1 aliphatic rings. The van der Waals surface area contributed by atoms with Gasteiger partial charge in [0.05, 0.1) is 0 Å². The molecule has 2 atom stereocenters. The van der Waals surface area contributed by atoms with Crippen LogP contribution in [0.3, 0.4) is 0 Å². The standard InChI is InChI=1S/C10H13N3O2.ClH/c1-6-8(11)10(14)13(2)9-7(15-6)4-3-5-12-9;/h3-6,8H,11H2,1-2H3;1H/t6-,8+;/m1./s1. The number of fused-ring (bicyclic) bond motifs is 1. The van der Waals surface area contributed by atoms with E-state index in [-0.39, 0.29) is 24.4 Å². The Kier molecular flexibility index (Phi) is 3.72. The summed E-state index contributed by atoms with van der Waals surface area (Å²) in [6, 6.07) is 2.89. The molecule has 88 valence electrons. The molecule has 16 heavy (non-hydrogen) atoms. The van der Waals surface area contributed by atoms with Crippen molar-refractivity contribution in [1.29, 1.82) is 0 Å². The fourth-order valence-electron chi connectivity index (χ4n) is 1.53. The van der Waals surface area contributed by atoms with Crippen molar-refractivity contribution < 1.29 is 9.53 Å². The summed E-state index contributed by atoms with van der Waals surface area (Å²) in [5.74, 6) is 0.927. The van der Waals surface area contributed by atoms with E-state index in [0.29, 0.717) is 11.6 Å². The second-order valence-corrected chi connectivity index (χ2v) is 3.57. The van der Waals surface area contributed by atoms with Crippen LogP contribution in [-0.2, 0) is 4.79 Å². The smallest absolute Gasteiger partial charge is 0.248 e. The summed E-state index contributed by atoms with van der Waals surface area (Å²) in [5, 5.41) is 0. The van der Waals surface area contributed by atoms with Gasteiger partial charge in [-0.3, -0.25) is 9.69 Å². The summed E-state index contributed by atoms with van der Waals surface area (Å²) in [4.78, 5) is 17.3. The normalized spacial score (nSPS) is 23.9. The number of hydrogen-bond acceptors (Lipinski definition) is 4. The molecular weight excluding hydrogens is 230 g/mol. The zero-order chi connectivity index (χ0) is 11.0. The van der Waals surface area contributed by atoms with Crippen molar-refractivity contribution in [2.45, 2.75) is 19.1 Å². The predicted molar refractivity (Wildman–Crippen MR) is 63.0 cm³/mol. The Balaban J connectivity index is 0.00000128. The van der Waals surface area contributed by atoms with Crippen LogP contribution in [0.15, 0.2) is 18.3 Å². The van der Waals surface area contributed by atoms with Crippen LogP contribution < -0.4 is 15.4 Å². The van der Waals surface area contributed by atoms with Gasteiger partial charge in [0, 0.05) is 13.2 Å². The van der Waals surface area contributed by atoms with Crippen LogP contribution in [0.5, 0.6) is 5.75 Å². The van der Waals surface area contributed by atoms with Gasteiger partial charge in [-0.25, -0.2) is 4.98 Å². The summed E-state index contributed by atoms with van der Waals surface area (Å²) >= 11 is 0. The molecule has 2 heterocycles. The van der Waals surface area contributed by atoms with Gasteiger partial charge in [-0.2, -0.15) is 0 Å². The fraction of sp³-hybridized carbons (Fsp3) is 0.400. The summed E-state index contributed by atoms with van der Waals surface area (Å²) in [6.45, 7) is 1.78. The molecule has 0 unspecified atom stereocenters. The summed E-state index contributed by atoms with van der Waals surface area (Å²) < 4.78 is 5.56. The molecule has 1 amide bonds. The number of ether oxygens (including phenoxy) is 1. The van der Waals surface area contributed by atoms with Gasteiger partial charge in [-0.05, 0) is 19.1 Å². The Morgan fingerprint density at radius 3 is 2.94 bits per heavy atom. The van der Waals surface area contributed by atoms with Gasteiger partial charge in [-0.1, -0.05) is 0 Å². The van der Waals surface area contributed by atoms with Crippen LogP contribution in [0.1, 0.15) is 6.92 Å². The molecule has 0 saturated heterocycles. The van der Waals surface area contributed by atoms with Crippen molar-refractivity contribution in [3.05, 3.63) is 18.3 Å². The number of rotatable bonds is 0. The minimum Gasteiger partial charge on any atom is -0.485 e. The number of nitrogens with zero attached hydrogens (tertiary/aromatic N) is 2. The molecule has 0 radical (unpaired) electrons. The number of pyridine rings is 1. The number of nitrogens with two attached hydrogens (primary N) is 1. The maximum absolute atomic E-state index is 11.8. The van der Waals surface area contributed by atoms with Crippen molar-refractivity contribution in [2.24, 2.45) is 5.73 Å². The lowest BCUT2D eigenvalue weighted by molar-refractivity contribution is -0.120. The number of carbonyl (C=O) groups excluding carboxylic acids is 1. The van der Waals surface area contributed by atoms with Crippen LogP contribution in [-0.4, -0.2) is 30.1 Å². The average molecular weight is 244 g/mol. The zero-order valence-corrected chi connectivity index (χ0v) is 9.90. The Bertz CT molecular complexity index is 399. The van der Waals surface area contributed by atoms with Gasteiger partial charge in [-0.15, -0.1) is 12.4 Å². The van der Waals surface area contributed by atoms with Crippen molar-refractivity contribution >= 4 is 24.1 Å². The molecule has 1 aromatic heterocycles. The topological polar surface area (TPSA) is 68.5 Å². The van der Waals surface area contributed by atoms with Gasteiger partial charge in [0.2, 0.25) is 5.91 Å². The molecule has 0 spiro atoms. The fourth-order valence-corrected chi connectivity index (χ4v) is 1.53. The third kappa shape index (κ3) is 1.96. The van der Waals surface area contributed by atoms with E-state index in [0.717, 1.165) is 0 Å². The minimum atomic E-state index is -0.649. The maximum atomic E-state index is 11.8. The number of likely N-dealkylation sites (N-methyl/N-ethyl adjacent to an activating group) is 1. The van der Waals surface area contributed by atoms with E-state index in [2.05, 4.69) is 4.98 Å². The molecular formula is C10H14ClN3O2. The maximum Gasteiger partial charge on any atom is 0.248 e. The van der Waals surface area contributed by atoms with Gasteiger partial charge in [0.25, 0.3) is 0 Å². The summed E-state index contributed by atoms with van der Waals surface area (Å²) in [6.07, 6.45) is 1.28. The number of hydrogen-bond donors (Lipinski definition) is 1. The molecule has 0 aromatic carbocycles. The average Bonchev–Trinajstić information content (AvgIpc) is 2.32. The highest BCUT2D eigenvalue weighted by Crippen LogP contribution is 2.28. The van der Waals surface area contributed by atoms with E-state index in [1.165, 1.54) is 4.90 Å². The first kappa shape index (κ1) is 12.7. The monoisotopic (exact) mass is 243 g/mol. The van der Waals surface area contributed by atoms with Crippen molar-refractivity contribution in [3.63, 3.8) is 0 Å². The van der Waals surface area contributed by atoms with Gasteiger partial charge in [0.15, 0.2) is 11.6 Å². The van der Waals surface area contributed by atoms with E-state index in [1.54, 1.807) is 32.3 Å². The van der Waals surface area contributed by atoms with E-state index < -0.39 is 6.04 Å². The largest absolute Gasteiger partial charge is 0.485 e. The van der Waals surface area contributed by atoms with Crippen LogP contribution in [0, 0.1) is 0 Å². The van der Waals surface area contributed by atoms with E-state index >= 15 is 0 Å². The molecule has 0 aliphatic carbocycles. The van der Waals surface area contributed by atoms with Crippen LogP contribution in [0.2, 0.25) is 0 Å². The third-order valence-corrected chi connectivity index (χ3v) is 2.50. The lowest BCUT2D eigenvalue weighted by atomic mass is 10.2. The van der Waals surface area contributed by atoms with Crippen LogP contribution >= 0.6 is 12.4 Å². The van der Waals surface area contributed by atoms with Gasteiger partial charge in [0.1, 0.15) is 12.1 Å². The molecule has 6 heteroatoms. The Morgan fingerprint density at radius 1 is 1.56 bits per heavy atom. The summed E-state index contributed by atoms with van der Waals surface area (Å²) in [5.41, 5.74) is 5.75. The highest BCUT2D eigenvalue weighted by molar-refractivity contribution is 5.97. The zero-order valence-electron chi connectivity index (χ0n) is 9.08. The first-order chi connectivity index (χ1) is 7.11. The van der Waals surface area contributed by atoms with Crippen molar-refractivity contribution in [1.82, 2.24) is 4.98 Å². The number of carbonyl (C=O) groups is 1. The number of aromatic nitrogens is 1. The highest BCUT2D eigenvalue weighted by Gasteiger charge is 2.32. The molecule has 0 bridgehead atoms. The lowest BCUT2D eigenvalue weighted by Crippen LogP contribution is -2.48. The van der Waals surface area contributed by atoms with E-state index in [1.807, 2.05) is 0 Å². The van der Waals surface area contributed by atoms with Gasteiger partial charge >= 0.3 is 0 Å². The second-order valence-electron chi connectivity index (χ2n) is 3.57. The van der Waals surface area contributed by atoms with Crippen LogP contribution in [0.4, 0.5) is 5.82 Å². The molecule has 0 fully saturated rings. The summed E-state index contributed by atoms with van der Waals surface area (Å²) in [7, 11) is 1.65. The molecule has 2 rings (SSSR count). The Morgan fingerprint density at radius 2 is 2.25 bits per heavy atom. The Hall–Kier alpha value is -1.33. The molecule has 2 N–H and O–H groups in total. The van der Waals surface area contributed by atoms with E-state index in [4.69, 9.17) is 10.5 Å². The van der Waals surface area contributed by atoms with Crippen LogP contribution in [0.25, 0.3) is 0 Å². The molecule has 1 aromatic rings. The van der Waals surface area contributed by atoms with Crippen molar-refractivity contribution in [2.75, 3.05) is 11.9 Å². The first-order valence-corrected chi connectivity index (χ1v) is 4.76. The molecule has 1 aliphatic heterocycles. The first-order valence-electron chi connectivity index (χ1n) is 4.76. The lowest BCUT2D eigenvalue weighted by Gasteiger charge is -2.17. The van der Waals surface area contributed by atoms with Gasteiger partial charge < -0.3 is 10.5 Å². The quantitative estimate of drug-likeness (QED) is 0.724. The second kappa shape index (κ2) is 4.67. The Labute approximate surface area is 100.0 Å². The highest BCUT2D eigenvalue weighted by atomic mass is 35.5. The third-order valence-electron chi connectivity index (χ3n) is 2.50. The van der Waals surface area contributed by atoms with E-state index in [9.17, 15) is 4.79 Å².